The molecule has 1 saturated heterocycles. The maximum Gasteiger partial charge on any atom is 0.339 e. The lowest BCUT2D eigenvalue weighted by atomic mass is 9.72. The highest BCUT2D eigenvalue weighted by atomic mass is 35.5. The van der Waals surface area contributed by atoms with Crippen LogP contribution in [0.4, 0.5) is 5.82 Å². The molecule has 8 heteroatoms. The third-order valence-electron chi connectivity index (χ3n) is 9.97. The third-order valence-corrected chi connectivity index (χ3v) is 10.3. The molecule has 1 fully saturated rings. The Balaban J connectivity index is 1.15. The number of rotatable bonds is 7. The summed E-state index contributed by atoms with van der Waals surface area (Å²) in [5, 5.41) is 13.4. The van der Waals surface area contributed by atoms with Crippen LogP contribution in [0, 0.1) is 5.41 Å². The van der Waals surface area contributed by atoms with E-state index in [1.54, 1.807) is 11.8 Å². The molecule has 0 radical (unpaired) electrons. The molecule has 0 aromatic carbocycles. The molecule has 1 aromatic heterocycles. The van der Waals surface area contributed by atoms with Gasteiger partial charge in [0.2, 0.25) is 0 Å². The van der Waals surface area contributed by atoms with Gasteiger partial charge in [-0.2, -0.15) is 0 Å². The van der Waals surface area contributed by atoms with E-state index in [1.165, 1.54) is 17.6 Å². The number of carboxylic acids is 1. The van der Waals surface area contributed by atoms with Gasteiger partial charge in [0, 0.05) is 56.3 Å². The second-order valence-corrected chi connectivity index (χ2v) is 14.5. The van der Waals surface area contributed by atoms with Crippen LogP contribution >= 0.6 is 11.6 Å². The summed E-state index contributed by atoms with van der Waals surface area (Å²) >= 11 is 6.35. The van der Waals surface area contributed by atoms with E-state index in [2.05, 4.69) is 66.0 Å². The fraction of sp³-hybridized carbons (Fsp3) is 0.543. The molecule has 230 valence electrons. The van der Waals surface area contributed by atoms with E-state index in [-0.39, 0.29) is 16.5 Å². The highest BCUT2D eigenvalue weighted by Crippen LogP contribution is 2.43. The quantitative estimate of drug-likeness (QED) is 0.337. The lowest BCUT2D eigenvalue weighted by Crippen LogP contribution is -2.56. The standard InChI is InChI=1S/C35H45ClN4O3/c1-23-20-37-32-29(23)17-27(21-38-32)43-31-19-35(4,12-10-28(31)33(41)42)40-15-13-39(14-16-40)22-25-9-11-34(2,3)18-30(25)24-5-7-26(36)8-6-24/h5-7,10,17,19,21,23,26H,8-9,11-16,18,20,22H2,1-4H3,(H,37,38)(H,41,42). The Labute approximate surface area is 261 Å². The van der Waals surface area contributed by atoms with E-state index in [4.69, 9.17) is 16.3 Å². The molecule has 43 heavy (non-hydrogen) atoms. The van der Waals surface area contributed by atoms with E-state index in [0.29, 0.717) is 29.3 Å². The number of aliphatic carboxylic acids is 1. The molecule has 0 spiro atoms. The van der Waals surface area contributed by atoms with Gasteiger partial charge in [-0.1, -0.05) is 50.6 Å². The fourth-order valence-corrected chi connectivity index (χ4v) is 7.33. The van der Waals surface area contributed by atoms with Gasteiger partial charge in [0.25, 0.3) is 0 Å². The van der Waals surface area contributed by atoms with Gasteiger partial charge in [-0.25, -0.2) is 9.78 Å². The van der Waals surface area contributed by atoms with Crippen molar-refractivity contribution in [2.24, 2.45) is 5.41 Å². The van der Waals surface area contributed by atoms with Crippen LogP contribution in [0.5, 0.6) is 5.75 Å². The van der Waals surface area contributed by atoms with Crippen molar-refractivity contribution in [3.8, 4) is 5.75 Å². The number of hydrogen-bond acceptors (Lipinski definition) is 6. The Hall–Kier alpha value is -2.87. The normalized spacial score (nSPS) is 29.4. The lowest BCUT2D eigenvalue weighted by molar-refractivity contribution is -0.132. The molecule has 7 nitrogen and oxygen atoms in total. The SMILES string of the molecule is CC1CNc2ncc(OC3=CC(C)(N4CCN(CC5=C(C6=CCC(Cl)C=C6)CC(C)(C)CC5)CC4)CC=C3C(=O)O)cc21. The summed E-state index contributed by atoms with van der Waals surface area (Å²) in [6.07, 6.45) is 17.3. The number of pyridine rings is 1. The molecule has 3 heterocycles. The third kappa shape index (κ3) is 6.50. The van der Waals surface area contributed by atoms with Crippen molar-refractivity contribution in [1.29, 1.82) is 0 Å². The predicted octanol–water partition coefficient (Wildman–Crippen LogP) is 6.66. The van der Waals surface area contributed by atoms with Gasteiger partial charge >= 0.3 is 5.97 Å². The lowest BCUT2D eigenvalue weighted by Gasteiger charge is -2.46. The van der Waals surface area contributed by atoms with Crippen LogP contribution < -0.4 is 10.1 Å². The number of nitrogens with zero attached hydrogens (tertiary/aromatic N) is 3. The maximum atomic E-state index is 12.2. The summed E-state index contributed by atoms with van der Waals surface area (Å²) in [5.41, 5.74) is 5.79. The Morgan fingerprint density at radius 2 is 2.00 bits per heavy atom. The second-order valence-electron chi connectivity index (χ2n) is 13.9. The van der Waals surface area contributed by atoms with Crippen LogP contribution in [0.1, 0.15) is 71.3 Å². The van der Waals surface area contributed by atoms with Crippen LogP contribution in [-0.2, 0) is 4.79 Å². The Kier molecular flexibility index (Phi) is 8.35. The first-order valence-electron chi connectivity index (χ1n) is 15.8. The van der Waals surface area contributed by atoms with Crippen LogP contribution in [0.15, 0.2) is 70.7 Å². The number of hydrogen-bond donors (Lipinski definition) is 2. The van der Waals surface area contributed by atoms with Crippen molar-refractivity contribution in [2.75, 3.05) is 44.6 Å². The highest BCUT2D eigenvalue weighted by Gasteiger charge is 2.37. The number of carbonyl (C=O) groups is 1. The number of anilines is 1. The number of fused-ring (bicyclic) bond motifs is 1. The molecule has 3 unspecified atom stereocenters. The van der Waals surface area contributed by atoms with E-state index >= 15 is 0 Å². The van der Waals surface area contributed by atoms with Gasteiger partial charge in [0.15, 0.2) is 0 Å². The summed E-state index contributed by atoms with van der Waals surface area (Å²) in [7, 11) is 0. The number of piperazine rings is 1. The van der Waals surface area contributed by atoms with Gasteiger partial charge in [0.1, 0.15) is 17.3 Å². The number of nitrogens with one attached hydrogen (secondary N) is 1. The van der Waals surface area contributed by atoms with Crippen molar-refractivity contribution in [3.05, 3.63) is 76.3 Å². The van der Waals surface area contributed by atoms with E-state index < -0.39 is 5.97 Å². The van der Waals surface area contributed by atoms with Crippen LogP contribution in [0.3, 0.4) is 0 Å². The maximum absolute atomic E-state index is 12.2. The summed E-state index contributed by atoms with van der Waals surface area (Å²) in [6.45, 7) is 14.8. The molecular formula is C35H45ClN4O3. The molecule has 3 aliphatic carbocycles. The zero-order chi connectivity index (χ0) is 30.4. The molecule has 2 aliphatic heterocycles. The van der Waals surface area contributed by atoms with E-state index in [9.17, 15) is 9.90 Å². The number of allylic oxidation sites excluding steroid dienone is 5. The van der Waals surface area contributed by atoms with Crippen LogP contribution in [0.25, 0.3) is 0 Å². The molecular weight excluding hydrogens is 560 g/mol. The molecule has 6 rings (SSSR count). The van der Waals surface area contributed by atoms with Gasteiger partial charge in [0.05, 0.1) is 17.1 Å². The summed E-state index contributed by atoms with van der Waals surface area (Å²) in [5.74, 6) is 1.22. The first-order chi connectivity index (χ1) is 20.5. The molecule has 2 N–H and O–H groups in total. The summed E-state index contributed by atoms with van der Waals surface area (Å²) < 4.78 is 6.26. The number of ether oxygens (including phenoxy) is 1. The predicted molar refractivity (Wildman–Crippen MR) is 173 cm³/mol. The van der Waals surface area contributed by atoms with Crippen molar-refractivity contribution < 1.29 is 14.6 Å². The topological polar surface area (TPSA) is 77.9 Å². The minimum Gasteiger partial charge on any atom is -0.478 e. The van der Waals surface area contributed by atoms with Crippen molar-refractivity contribution >= 4 is 23.4 Å². The van der Waals surface area contributed by atoms with Crippen molar-refractivity contribution in [1.82, 2.24) is 14.8 Å². The molecule has 5 aliphatic rings. The monoisotopic (exact) mass is 604 g/mol. The van der Waals surface area contributed by atoms with E-state index in [0.717, 1.165) is 69.9 Å². The van der Waals surface area contributed by atoms with Crippen LogP contribution in [0.2, 0.25) is 0 Å². The first kappa shape index (κ1) is 30.2. The zero-order valence-electron chi connectivity index (χ0n) is 26.0. The molecule has 3 atom stereocenters. The number of alkyl halides is 1. The Bertz CT molecular complexity index is 1430. The average molecular weight is 605 g/mol. The summed E-state index contributed by atoms with van der Waals surface area (Å²) in [4.78, 5) is 21.8. The first-order valence-corrected chi connectivity index (χ1v) is 16.2. The molecule has 0 bridgehead atoms. The summed E-state index contributed by atoms with van der Waals surface area (Å²) in [6, 6.07) is 1.99. The number of halogens is 1. The smallest absolute Gasteiger partial charge is 0.339 e. The Morgan fingerprint density at radius 3 is 2.72 bits per heavy atom. The fourth-order valence-electron chi connectivity index (χ4n) is 7.17. The average Bonchev–Trinajstić information content (AvgIpc) is 3.34. The van der Waals surface area contributed by atoms with E-state index in [1.807, 2.05) is 18.2 Å². The minimum atomic E-state index is -0.966. The van der Waals surface area contributed by atoms with Gasteiger partial charge in [-0.15, -0.1) is 11.6 Å². The van der Waals surface area contributed by atoms with Crippen molar-refractivity contribution in [3.63, 3.8) is 0 Å². The van der Waals surface area contributed by atoms with Gasteiger partial charge in [-0.3, -0.25) is 9.80 Å². The Morgan fingerprint density at radius 1 is 1.21 bits per heavy atom. The number of aromatic nitrogens is 1. The number of carboxylic acid groups (broad SMARTS) is 1. The van der Waals surface area contributed by atoms with Gasteiger partial charge < -0.3 is 15.2 Å². The largest absolute Gasteiger partial charge is 0.478 e. The highest BCUT2D eigenvalue weighted by molar-refractivity contribution is 6.22. The molecule has 0 amide bonds. The molecule has 0 saturated carbocycles. The zero-order valence-corrected chi connectivity index (χ0v) is 26.7. The minimum absolute atomic E-state index is 0.103. The van der Waals surface area contributed by atoms with Crippen LogP contribution in [-0.4, -0.2) is 76.0 Å². The van der Waals surface area contributed by atoms with Gasteiger partial charge in [-0.05, 0) is 67.7 Å². The second kappa shape index (κ2) is 11.9. The molecule has 1 aromatic rings. The van der Waals surface area contributed by atoms with Crippen molar-refractivity contribution in [2.45, 2.75) is 76.6 Å².